The predicted octanol–water partition coefficient (Wildman–Crippen LogP) is 1.93. The molecule has 0 aliphatic rings. The maximum Gasteiger partial charge on any atom is 0.257 e. The maximum absolute atomic E-state index is 12.6. The fourth-order valence-electron chi connectivity index (χ4n) is 2.56. The van der Waals surface area contributed by atoms with Crippen LogP contribution in [0, 0.1) is 0 Å². The van der Waals surface area contributed by atoms with Gasteiger partial charge in [-0.15, -0.1) is 0 Å². The Bertz CT molecular complexity index is 994. The lowest BCUT2D eigenvalue weighted by molar-refractivity contribution is 0.0949. The molecule has 0 saturated heterocycles. The number of H-pyrrole nitrogens is 1. The Morgan fingerprint density at radius 3 is 2.73 bits per heavy atom. The summed E-state index contributed by atoms with van der Waals surface area (Å²) in [5.41, 5.74) is 1.22. The SMILES string of the molecule is COc1ccc2c(=O)c(C(=O)NCc3ccc(N(C)C)nc3)c[nH]c2c1. The zero-order valence-corrected chi connectivity index (χ0v) is 14.9. The molecular weight excluding hydrogens is 332 g/mol. The van der Waals surface area contributed by atoms with Crippen molar-refractivity contribution < 1.29 is 9.53 Å². The second-order valence-corrected chi connectivity index (χ2v) is 6.04. The van der Waals surface area contributed by atoms with Gasteiger partial charge in [0, 0.05) is 44.5 Å². The summed E-state index contributed by atoms with van der Waals surface area (Å²) >= 11 is 0. The number of carbonyl (C=O) groups excluding carboxylic acids is 1. The molecule has 1 amide bonds. The van der Waals surface area contributed by atoms with Gasteiger partial charge in [-0.1, -0.05) is 6.07 Å². The molecule has 2 heterocycles. The zero-order chi connectivity index (χ0) is 18.7. The predicted molar refractivity (Wildman–Crippen MR) is 101 cm³/mol. The summed E-state index contributed by atoms with van der Waals surface area (Å²) < 4.78 is 5.14. The maximum atomic E-state index is 12.6. The number of nitrogens with one attached hydrogen (secondary N) is 2. The summed E-state index contributed by atoms with van der Waals surface area (Å²) in [5, 5.41) is 3.20. The molecule has 0 unspecified atom stereocenters. The van der Waals surface area contributed by atoms with E-state index in [0.717, 1.165) is 11.4 Å². The molecule has 2 aromatic heterocycles. The molecule has 0 aliphatic heterocycles. The summed E-state index contributed by atoms with van der Waals surface area (Å²) in [4.78, 5) is 34.1. The van der Waals surface area contributed by atoms with Crippen LogP contribution in [0.15, 0.2) is 47.5 Å². The van der Waals surface area contributed by atoms with Gasteiger partial charge in [-0.05, 0) is 23.8 Å². The van der Waals surface area contributed by atoms with Crippen LogP contribution in [0.2, 0.25) is 0 Å². The van der Waals surface area contributed by atoms with Gasteiger partial charge in [0.25, 0.3) is 5.91 Å². The molecule has 134 valence electrons. The van der Waals surface area contributed by atoms with Crippen molar-refractivity contribution in [3.05, 3.63) is 64.1 Å². The Morgan fingerprint density at radius 2 is 2.08 bits per heavy atom. The Kier molecular flexibility index (Phi) is 4.88. The minimum atomic E-state index is -0.430. The number of anilines is 1. The van der Waals surface area contributed by atoms with Crippen LogP contribution in [0.1, 0.15) is 15.9 Å². The highest BCUT2D eigenvalue weighted by Crippen LogP contribution is 2.16. The third kappa shape index (κ3) is 3.51. The van der Waals surface area contributed by atoms with E-state index in [-0.39, 0.29) is 11.0 Å². The lowest BCUT2D eigenvalue weighted by Crippen LogP contribution is -2.28. The van der Waals surface area contributed by atoms with E-state index in [1.54, 1.807) is 31.5 Å². The standard InChI is InChI=1S/C19H20N4O3/c1-23(2)17-7-4-12(9-21-17)10-22-19(25)15-11-20-16-8-13(26-3)5-6-14(16)18(15)24/h4-9,11H,10H2,1-3H3,(H,20,24)(H,22,25). The Labute approximate surface area is 150 Å². The number of aromatic amines is 1. The lowest BCUT2D eigenvalue weighted by Gasteiger charge is -2.11. The summed E-state index contributed by atoms with van der Waals surface area (Å²) in [7, 11) is 5.37. The molecule has 0 spiro atoms. The van der Waals surface area contributed by atoms with E-state index >= 15 is 0 Å². The van der Waals surface area contributed by atoms with Crippen LogP contribution in [0.5, 0.6) is 5.75 Å². The van der Waals surface area contributed by atoms with Gasteiger partial charge in [0.2, 0.25) is 5.43 Å². The average molecular weight is 352 g/mol. The number of hydrogen-bond donors (Lipinski definition) is 2. The quantitative estimate of drug-likeness (QED) is 0.733. The number of carbonyl (C=O) groups is 1. The Morgan fingerprint density at radius 1 is 1.27 bits per heavy atom. The summed E-state index contributed by atoms with van der Waals surface area (Å²) in [6.45, 7) is 0.291. The lowest BCUT2D eigenvalue weighted by atomic mass is 10.1. The number of ether oxygens (including phenoxy) is 1. The second-order valence-electron chi connectivity index (χ2n) is 6.04. The fourth-order valence-corrected chi connectivity index (χ4v) is 2.56. The Hall–Kier alpha value is -3.35. The van der Waals surface area contributed by atoms with E-state index in [1.807, 2.05) is 31.1 Å². The molecule has 1 aromatic carbocycles. The van der Waals surface area contributed by atoms with Gasteiger partial charge in [-0.2, -0.15) is 0 Å². The van der Waals surface area contributed by atoms with Crippen molar-refractivity contribution in [2.75, 3.05) is 26.1 Å². The highest BCUT2D eigenvalue weighted by Gasteiger charge is 2.13. The molecule has 26 heavy (non-hydrogen) atoms. The Balaban J connectivity index is 1.77. The molecule has 0 fully saturated rings. The number of hydrogen-bond acceptors (Lipinski definition) is 5. The molecule has 3 rings (SSSR count). The number of fused-ring (bicyclic) bond motifs is 1. The van der Waals surface area contributed by atoms with Crippen molar-refractivity contribution in [3.63, 3.8) is 0 Å². The van der Waals surface area contributed by atoms with E-state index in [2.05, 4.69) is 15.3 Å². The largest absolute Gasteiger partial charge is 0.497 e. The van der Waals surface area contributed by atoms with Crippen LogP contribution in [0.25, 0.3) is 10.9 Å². The summed E-state index contributed by atoms with van der Waals surface area (Å²) in [6, 6.07) is 8.82. The topological polar surface area (TPSA) is 87.3 Å². The first-order valence-corrected chi connectivity index (χ1v) is 8.09. The van der Waals surface area contributed by atoms with Gasteiger partial charge in [-0.25, -0.2) is 4.98 Å². The van der Waals surface area contributed by atoms with Crippen molar-refractivity contribution in [3.8, 4) is 5.75 Å². The highest BCUT2D eigenvalue weighted by molar-refractivity contribution is 5.97. The van der Waals surface area contributed by atoms with Crippen molar-refractivity contribution >= 4 is 22.6 Å². The van der Waals surface area contributed by atoms with Gasteiger partial charge in [0.05, 0.1) is 12.6 Å². The van der Waals surface area contributed by atoms with Gasteiger partial charge in [0.15, 0.2) is 0 Å². The molecule has 0 saturated carbocycles. The van der Waals surface area contributed by atoms with Crippen molar-refractivity contribution in [1.29, 1.82) is 0 Å². The molecule has 7 nitrogen and oxygen atoms in total. The number of aromatic nitrogens is 2. The minimum absolute atomic E-state index is 0.0699. The van der Waals surface area contributed by atoms with Gasteiger partial charge in [0.1, 0.15) is 17.1 Å². The smallest absolute Gasteiger partial charge is 0.257 e. The van der Waals surface area contributed by atoms with E-state index in [1.165, 1.54) is 6.20 Å². The molecule has 2 N–H and O–H groups in total. The van der Waals surface area contributed by atoms with E-state index < -0.39 is 5.91 Å². The van der Waals surface area contributed by atoms with Crippen LogP contribution >= 0.6 is 0 Å². The monoisotopic (exact) mass is 352 g/mol. The molecule has 0 aliphatic carbocycles. The zero-order valence-electron chi connectivity index (χ0n) is 14.9. The molecule has 0 atom stereocenters. The normalized spacial score (nSPS) is 10.6. The third-order valence-electron chi connectivity index (χ3n) is 4.05. The van der Waals surface area contributed by atoms with Crippen molar-refractivity contribution in [2.45, 2.75) is 6.54 Å². The molecule has 0 radical (unpaired) electrons. The van der Waals surface area contributed by atoms with Gasteiger partial charge >= 0.3 is 0 Å². The first-order valence-electron chi connectivity index (χ1n) is 8.09. The van der Waals surface area contributed by atoms with Crippen LogP contribution < -0.4 is 20.4 Å². The number of amides is 1. The number of nitrogens with zero attached hydrogens (tertiary/aromatic N) is 2. The molecule has 7 heteroatoms. The van der Waals surface area contributed by atoms with Crippen LogP contribution in [0.3, 0.4) is 0 Å². The first kappa shape index (κ1) is 17.5. The second kappa shape index (κ2) is 7.26. The number of pyridine rings is 2. The minimum Gasteiger partial charge on any atom is -0.497 e. The number of rotatable bonds is 5. The molecule has 0 bridgehead atoms. The van der Waals surface area contributed by atoms with E-state index in [4.69, 9.17) is 4.74 Å². The van der Waals surface area contributed by atoms with Crippen molar-refractivity contribution in [2.24, 2.45) is 0 Å². The average Bonchev–Trinajstić information content (AvgIpc) is 2.66. The van der Waals surface area contributed by atoms with Gasteiger partial charge in [-0.3, -0.25) is 9.59 Å². The van der Waals surface area contributed by atoms with Crippen molar-refractivity contribution in [1.82, 2.24) is 15.3 Å². The number of benzene rings is 1. The number of methoxy groups -OCH3 is 1. The first-order chi connectivity index (χ1) is 12.5. The molecule has 3 aromatic rings. The molecular formula is C19H20N4O3. The fraction of sp³-hybridized carbons (Fsp3) is 0.211. The van der Waals surface area contributed by atoms with Crippen LogP contribution in [0.4, 0.5) is 5.82 Å². The summed E-state index contributed by atoms with van der Waals surface area (Å²) in [5.74, 6) is 1.04. The van der Waals surface area contributed by atoms with E-state index in [0.29, 0.717) is 23.2 Å². The third-order valence-corrected chi connectivity index (χ3v) is 4.05. The summed E-state index contributed by atoms with van der Waals surface area (Å²) in [6.07, 6.45) is 3.12. The van der Waals surface area contributed by atoms with Crippen LogP contribution in [-0.4, -0.2) is 37.1 Å². The highest BCUT2D eigenvalue weighted by atomic mass is 16.5. The van der Waals surface area contributed by atoms with E-state index in [9.17, 15) is 9.59 Å². The van der Waals surface area contributed by atoms with Crippen LogP contribution in [-0.2, 0) is 6.54 Å². The van der Waals surface area contributed by atoms with Gasteiger partial charge < -0.3 is 19.9 Å².